The van der Waals surface area contributed by atoms with Gasteiger partial charge in [0.15, 0.2) is 5.12 Å². The van der Waals surface area contributed by atoms with E-state index in [9.17, 15) is 4.79 Å². The standard InChI is InChI=1S/C5H5N.C5H10OS/c1-2-4-6-5-3-1;1-3-4-7-5(2)6/h1-5H;3-4H2,1-2H3. The van der Waals surface area contributed by atoms with Crippen molar-refractivity contribution >= 4 is 16.9 Å². The minimum absolute atomic E-state index is 0.224. The highest BCUT2D eigenvalue weighted by molar-refractivity contribution is 8.13. The smallest absolute Gasteiger partial charge is 0.185 e. The van der Waals surface area contributed by atoms with Crippen LogP contribution in [-0.2, 0) is 4.79 Å². The van der Waals surface area contributed by atoms with Crippen LogP contribution in [0.15, 0.2) is 30.6 Å². The first kappa shape index (κ1) is 12.2. The predicted octanol–water partition coefficient (Wildman–Crippen LogP) is 2.76. The molecule has 0 saturated heterocycles. The van der Waals surface area contributed by atoms with Crippen LogP contribution in [0.2, 0.25) is 0 Å². The van der Waals surface area contributed by atoms with Crippen molar-refractivity contribution in [3.63, 3.8) is 0 Å². The van der Waals surface area contributed by atoms with Crippen LogP contribution in [0, 0.1) is 0 Å². The average molecular weight is 197 g/mol. The highest BCUT2D eigenvalue weighted by atomic mass is 32.2. The van der Waals surface area contributed by atoms with Crippen LogP contribution in [-0.4, -0.2) is 15.9 Å². The molecule has 0 fully saturated rings. The molecule has 3 heteroatoms. The van der Waals surface area contributed by atoms with Crippen molar-refractivity contribution < 1.29 is 4.79 Å². The molecular weight excluding hydrogens is 182 g/mol. The Labute approximate surface area is 83.8 Å². The topological polar surface area (TPSA) is 30.0 Å². The Balaban J connectivity index is 0.000000223. The molecule has 0 N–H and O–H groups in total. The summed E-state index contributed by atoms with van der Waals surface area (Å²) in [6, 6.07) is 5.72. The Morgan fingerprint density at radius 1 is 1.31 bits per heavy atom. The summed E-state index contributed by atoms with van der Waals surface area (Å²) in [5.41, 5.74) is 0. The molecule has 0 aliphatic rings. The molecule has 0 atom stereocenters. The second-order valence-electron chi connectivity index (χ2n) is 2.36. The summed E-state index contributed by atoms with van der Waals surface area (Å²) in [5, 5.41) is 0.224. The zero-order valence-corrected chi connectivity index (χ0v) is 8.88. The summed E-state index contributed by atoms with van der Waals surface area (Å²) >= 11 is 1.39. The molecule has 0 aliphatic heterocycles. The number of carbonyl (C=O) groups excluding carboxylic acids is 1. The lowest BCUT2D eigenvalue weighted by Gasteiger charge is -1.86. The lowest BCUT2D eigenvalue weighted by Crippen LogP contribution is -1.81. The summed E-state index contributed by atoms with van der Waals surface area (Å²) in [7, 11) is 0. The summed E-state index contributed by atoms with van der Waals surface area (Å²) in [6.07, 6.45) is 4.59. The fraction of sp³-hybridized carbons (Fsp3) is 0.400. The van der Waals surface area contributed by atoms with Crippen molar-refractivity contribution in [3.8, 4) is 0 Å². The first-order valence-electron chi connectivity index (χ1n) is 4.25. The second kappa shape index (κ2) is 9.26. The van der Waals surface area contributed by atoms with Gasteiger partial charge in [-0.1, -0.05) is 24.8 Å². The second-order valence-corrected chi connectivity index (χ2v) is 3.64. The van der Waals surface area contributed by atoms with Gasteiger partial charge in [-0.15, -0.1) is 0 Å². The molecule has 2 nitrogen and oxygen atoms in total. The minimum atomic E-state index is 0.224. The fourth-order valence-electron chi connectivity index (χ4n) is 0.558. The average Bonchev–Trinajstić information content (AvgIpc) is 2.18. The quantitative estimate of drug-likeness (QED) is 0.730. The molecule has 0 bridgehead atoms. The van der Waals surface area contributed by atoms with Crippen molar-refractivity contribution in [3.05, 3.63) is 30.6 Å². The summed E-state index contributed by atoms with van der Waals surface area (Å²) in [4.78, 5) is 14.0. The van der Waals surface area contributed by atoms with Crippen LogP contribution in [0.3, 0.4) is 0 Å². The van der Waals surface area contributed by atoms with Gasteiger partial charge in [0, 0.05) is 25.1 Å². The lowest BCUT2D eigenvalue weighted by atomic mass is 10.5. The van der Waals surface area contributed by atoms with Gasteiger partial charge in [0.1, 0.15) is 0 Å². The number of thioether (sulfide) groups is 1. The molecule has 0 radical (unpaired) electrons. The van der Waals surface area contributed by atoms with Crippen LogP contribution in [0.25, 0.3) is 0 Å². The van der Waals surface area contributed by atoms with Gasteiger partial charge in [0.25, 0.3) is 0 Å². The van der Waals surface area contributed by atoms with Gasteiger partial charge in [-0.3, -0.25) is 9.78 Å². The maximum atomic E-state index is 10.2. The Kier molecular flexibility index (Phi) is 8.67. The van der Waals surface area contributed by atoms with Gasteiger partial charge in [0.05, 0.1) is 0 Å². The molecule has 1 rings (SSSR count). The minimum Gasteiger partial charge on any atom is -0.288 e. The van der Waals surface area contributed by atoms with E-state index in [2.05, 4.69) is 11.9 Å². The number of pyridine rings is 1. The van der Waals surface area contributed by atoms with Crippen LogP contribution >= 0.6 is 11.8 Å². The third kappa shape index (κ3) is 11.2. The molecule has 0 saturated carbocycles. The van der Waals surface area contributed by atoms with Gasteiger partial charge >= 0.3 is 0 Å². The zero-order valence-electron chi connectivity index (χ0n) is 8.06. The van der Waals surface area contributed by atoms with E-state index in [0.29, 0.717) is 0 Å². The molecule has 0 amide bonds. The van der Waals surface area contributed by atoms with Crippen LogP contribution in [0.5, 0.6) is 0 Å². The number of nitrogens with zero attached hydrogens (tertiary/aromatic N) is 1. The third-order valence-corrected chi connectivity index (χ3v) is 2.09. The van der Waals surface area contributed by atoms with Crippen molar-refractivity contribution in [1.82, 2.24) is 4.98 Å². The van der Waals surface area contributed by atoms with Gasteiger partial charge in [-0.2, -0.15) is 0 Å². The number of rotatable bonds is 2. The largest absolute Gasteiger partial charge is 0.288 e. The normalized spacial score (nSPS) is 8.46. The number of hydrogen-bond acceptors (Lipinski definition) is 3. The monoisotopic (exact) mass is 197 g/mol. The van der Waals surface area contributed by atoms with Crippen LogP contribution < -0.4 is 0 Å². The van der Waals surface area contributed by atoms with E-state index < -0.39 is 0 Å². The van der Waals surface area contributed by atoms with E-state index >= 15 is 0 Å². The Bertz CT molecular complexity index is 187. The number of carbonyl (C=O) groups is 1. The van der Waals surface area contributed by atoms with E-state index in [1.807, 2.05) is 18.2 Å². The summed E-state index contributed by atoms with van der Waals surface area (Å²) < 4.78 is 0. The van der Waals surface area contributed by atoms with Crippen LogP contribution in [0.4, 0.5) is 0 Å². The van der Waals surface area contributed by atoms with Crippen LogP contribution in [0.1, 0.15) is 20.3 Å². The number of aromatic nitrogens is 1. The number of hydrogen-bond donors (Lipinski definition) is 0. The molecule has 0 aromatic carbocycles. The highest BCUT2D eigenvalue weighted by Crippen LogP contribution is 2.00. The summed E-state index contributed by atoms with van der Waals surface area (Å²) in [5.74, 6) is 0.968. The van der Waals surface area contributed by atoms with E-state index in [1.54, 1.807) is 19.3 Å². The molecular formula is C10H15NOS. The third-order valence-electron chi connectivity index (χ3n) is 1.08. The first-order valence-corrected chi connectivity index (χ1v) is 5.24. The Hall–Kier alpha value is -0.830. The fourth-order valence-corrected chi connectivity index (χ4v) is 1.05. The Morgan fingerprint density at radius 3 is 2.08 bits per heavy atom. The van der Waals surface area contributed by atoms with E-state index in [-0.39, 0.29) is 5.12 Å². The van der Waals surface area contributed by atoms with E-state index in [0.717, 1.165) is 12.2 Å². The Morgan fingerprint density at radius 2 is 1.92 bits per heavy atom. The van der Waals surface area contributed by atoms with Gasteiger partial charge in [0.2, 0.25) is 0 Å². The van der Waals surface area contributed by atoms with E-state index in [1.165, 1.54) is 11.8 Å². The maximum absolute atomic E-state index is 10.2. The van der Waals surface area contributed by atoms with Gasteiger partial charge in [-0.05, 0) is 18.6 Å². The molecule has 1 heterocycles. The zero-order chi connectivity index (χ0) is 9.94. The molecule has 13 heavy (non-hydrogen) atoms. The molecule has 0 aliphatic carbocycles. The lowest BCUT2D eigenvalue weighted by molar-refractivity contribution is -0.109. The molecule has 72 valence electrons. The van der Waals surface area contributed by atoms with Gasteiger partial charge in [-0.25, -0.2) is 0 Å². The van der Waals surface area contributed by atoms with Crippen molar-refractivity contribution in [2.24, 2.45) is 0 Å². The van der Waals surface area contributed by atoms with Gasteiger partial charge < -0.3 is 0 Å². The molecule has 0 spiro atoms. The predicted molar refractivity (Wildman–Crippen MR) is 57.7 cm³/mol. The molecule has 1 aromatic rings. The van der Waals surface area contributed by atoms with Crippen molar-refractivity contribution in [1.29, 1.82) is 0 Å². The SMILES string of the molecule is CCCSC(C)=O.c1ccncc1. The van der Waals surface area contributed by atoms with E-state index in [4.69, 9.17) is 0 Å². The maximum Gasteiger partial charge on any atom is 0.185 e. The summed E-state index contributed by atoms with van der Waals surface area (Å²) in [6.45, 7) is 3.66. The first-order chi connectivity index (χ1) is 6.27. The molecule has 1 aromatic heterocycles. The highest BCUT2D eigenvalue weighted by Gasteiger charge is 1.87. The van der Waals surface area contributed by atoms with Crippen molar-refractivity contribution in [2.75, 3.05) is 5.75 Å². The molecule has 0 unspecified atom stereocenters. The van der Waals surface area contributed by atoms with Crippen molar-refractivity contribution in [2.45, 2.75) is 20.3 Å².